The summed E-state index contributed by atoms with van der Waals surface area (Å²) < 4.78 is 39.4. The van der Waals surface area contributed by atoms with Crippen LogP contribution in [-0.2, 0) is 14.8 Å². The molecule has 0 aliphatic heterocycles. The predicted octanol–water partition coefficient (Wildman–Crippen LogP) is 3.81. The number of carbonyl (C=O) groups is 1. The highest BCUT2D eigenvalue weighted by Crippen LogP contribution is 2.26. The molecule has 0 saturated carbocycles. The molecular weight excluding hydrogens is 345 g/mol. The number of anilines is 1. The predicted molar refractivity (Wildman–Crippen MR) is 88.7 cm³/mol. The summed E-state index contributed by atoms with van der Waals surface area (Å²) in [5.74, 6) is -1.24. The van der Waals surface area contributed by atoms with Crippen LogP contribution in [0.4, 0.5) is 10.1 Å². The van der Waals surface area contributed by atoms with E-state index < -0.39 is 27.1 Å². The van der Waals surface area contributed by atoms with Gasteiger partial charge in [0.25, 0.3) is 0 Å². The van der Waals surface area contributed by atoms with Crippen LogP contribution in [0.1, 0.15) is 32.6 Å². The summed E-state index contributed by atoms with van der Waals surface area (Å²) in [5, 5.41) is 7.23. The van der Waals surface area contributed by atoms with E-state index in [1.54, 1.807) is 13.0 Å². The summed E-state index contributed by atoms with van der Waals surface area (Å²) in [6.07, 6.45) is 6.11. The Balaban J connectivity index is 0.000000463. The van der Waals surface area contributed by atoms with Crippen LogP contribution in [0.25, 0.3) is 0 Å². The molecule has 1 aromatic carbocycles. The second-order valence-electron chi connectivity index (χ2n) is 4.92. The van der Waals surface area contributed by atoms with E-state index in [0.29, 0.717) is 6.42 Å². The van der Waals surface area contributed by atoms with Crippen molar-refractivity contribution in [2.45, 2.75) is 37.9 Å². The lowest BCUT2D eigenvalue weighted by molar-refractivity contribution is -0.136. The number of nitrogens with one attached hydrogen (secondary N) is 1. The second-order valence-corrected chi connectivity index (χ2v) is 7.22. The number of aliphatic carboxylic acids is 1. The number of carboxylic acids is 1. The molecule has 0 saturated heterocycles. The van der Waals surface area contributed by atoms with Gasteiger partial charge in [0.05, 0.1) is 16.0 Å². The van der Waals surface area contributed by atoms with E-state index in [1.165, 1.54) is 12.1 Å². The van der Waals surface area contributed by atoms with E-state index in [0.717, 1.165) is 18.9 Å². The number of rotatable bonds is 4. The Morgan fingerprint density at radius 1 is 1.48 bits per heavy atom. The molecule has 2 N–H and O–H groups in total. The van der Waals surface area contributed by atoms with Crippen LogP contribution < -0.4 is 4.72 Å². The van der Waals surface area contributed by atoms with Crippen molar-refractivity contribution in [1.82, 2.24) is 0 Å². The lowest BCUT2D eigenvalue weighted by atomic mass is 10.1. The van der Waals surface area contributed by atoms with E-state index in [4.69, 9.17) is 16.7 Å². The number of halogens is 2. The smallest absolute Gasteiger partial charge is 0.303 e. The number of sulfonamides is 1. The summed E-state index contributed by atoms with van der Waals surface area (Å²) in [7, 11) is -3.52. The molecule has 1 aliphatic carbocycles. The minimum atomic E-state index is -3.52. The van der Waals surface area contributed by atoms with Crippen molar-refractivity contribution < 1.29 is 22.7 Å². The van der Waals surface area contributed by atoms with E-state index >= 15 is 0 Å². The molecule has 0 amide bonds. The van der Waals surface area contributed by atoms with Crippen molar-refractivity contribution in [3.05, 3.63) is 41.2 Å². The van der Waals surface area contributed by atoms with E-state index in [2.05, 4.69) is 4.72 Å². The summed E-state index contributed by atoms with van der Waals surface area (Å²) in [5.41, 5.74) is 0.206. The summed E-state index contributed by atoms with van der Waals surface area (Å²) in [6, 6.07) is 3.57. The van der Waals surface area contributed by atoms with Gasteiger partial charge >= 0.3 is 5.97 Å². The van der Waals surface area contributed by atoms with Gasteiger partial charge in [0.15, 0.2) is 0 Å². The van der Waals surface area contributed by atoms with Crippen LogP contribution in [-0.4, -0.2) is 24.7 Å². The molecule has 5 nitrogen and oxygen atoms in total. The molecule has 1 aliphatic rings. The van der Waals surface area contributed by atoms with Gasteiger partial charge in [0.2, 0.25) is 10.0 Å². The summed E-state index contributed by atoms with van der Waals surface area (Å²) >= 11 is 5.79. The molecule has 1 aromatic rings. The molecule has 8 heteroatoms. The first kappa shape index (κ1) is 19.4. The van der Waals surface area contributed by atoms with Crippen molar-refractivity contribution in [3.63, 3.8) is 0 Å². The van der Waals surface area contributed by atoms with Gasteiger partial charge in [0.1, 0.15) is 5.82 Å². The van der Waals surface area contributed by atoms with Gasteiger partial charge in [-0.05, 0) is 37.5 Å². The van der Waals surface area contributed by atoms with Crippen molar-refractivity contribution in [3.8, 4) is 0 Å². The van der Waals surface area contributed by atoms with Gasteiger partial charge < -0.3 is 5.11 Å². The normalized spacial score (nSPS) is 17.1. The van der Waals surface area contributed by atoms with Gasteiger partial charge in [-0.1, -0.05) is 30.7 Å². The second kappa shape index (κ2) is 8.88. The number of hydrogen-bond donors (Lipinski definition) is 2. The van der Waals surface area contributed by atoms with Gasteiger partial charge in [-0.15, -0.1) is 0 Å². The Hall–Kier alpha value is -1.60. The zero-order valence-corrected chi connectivity index (χ0v) is 14.2. The number of hydrogen-bond acceptors (Lipinski definition) is 3. The van der Waals surface area contributed by atoms with Crippen molar-refractivity contribution in [2.75, 3.05) is 4.72 Å². The quantitative estimate of drug-likeness (QED) is 0.797. The first-order valence-electron chi connectivity index (χ1n) is 7.11. The SMILES string of the molecule is CCC(=O)O.O=S(=O)(Nc1ccc(F)cc1Cl)[C@H]1C=CCCC1. The number of allylic oxidation sites excluding steroid dienone is 1. The molecular formula is C15H19ClFNO4S. The van der Waals surface area contributed by atoms with Gasteiger partial charge in [-0.3, -0.25) is 9.52 Å². The highest BCUT2D eigenvalue weighted by Gasteiger charge is 2.24. The average molecular weight is 364 g/mol. The van der Waals surface area contributed by atoms with Crippen LogP contribution in [0.15, 0.2) is 30.4 Å². The fourth-order valence-corrected chi connectivity index (χ4v) is 3.54. The lowest BCUT2D eigenvalue weighted by Crippen LogP contribution is -2.27. The molecule has 0 unspecified atom stereocenters. The highest BCUT2D eigenvalue weighted by molar-refractivity contribution is 7.93. The highest BCUT2D eigenvalue weighted by atomic mass is 35.5. The molecule has 0 fully saturated rings. The third-order valence-electron chi connectivity index (χ3n) is 3.09. The van der Waals surface area contributed by atoms with Crippen LogP contribution in [0.5, 0.6) is 0 Å². The maximum Gasteiger partial charge on any atom is 0.303 e. The Kier molecular flexibility index (Phi) is 7.51. The molecule has 0 spiro atoms. The minimum absolute atomic E-state index is 0.0540. The van der Waals surface area contributed by atoms with Crippen LogP contribution in [0.2, 0.25) is 5.02 Å². The van der Waals surface area contributed by atoms with E-state index in [9.17, 15) is 17.6 Å². The fourth-order valence-electron chi connectivity index (χ4n) is 1.84. The molecule has 23 heavy (non-hydrogen) atoms. The van der Waals surface area contributed by atoms with Crippen molar-refractivity contribution >= 4 is 33.3 Å². The lowest BCUT2D eigenvalue weighted by Gasteiger charge is -2.18. The van der Waals surface area contributed by atoms with Crippen molar-refractivity contribution in [2.24, 2.45) is 0 Å². The molecule has 0 radical (unpaired) electrons. The minimum Gasteiger partial charge on any atom is -0.481 e. The zero-order chi connectivity index (χ0) is 17.5. The van der Waals surface area contributed by atoms with E-state index in [1.807, 2.05) is 6.08 Å². The number of benzene rings is 1. The maximum atomic E-state index is 12.9. The topological polar surface area (TPSA) is 83.5 Å². The third-order valence-corrected chi connectivity index (χ3v) is 5.10. The van der Waals surface area contributed by atoms with Crippen LogP contribution >= 0.6 is 11.6 Å². The number of carboxylic acid groups (broad SMARTS) is 1. The Morgan fingerprint density at radius 3 is 2.61 bits per heavy atom. The molecule has 0 heterocycles. The zero-order valence-electron chi connectivity index (χ0n) is 12.6. The maximum absolute atomic E-state index is 12.9. The first-order valence-corrected chi connectivity index (χ1v) is 9.03. The Bertz CT molecular complexity index is 676. The van der Waals surface area contributed by atoms with E-state index in [-0.39, 0.29) is 17.1 Å². The molecule has 2 rings (SSSR count). The van der Waals surface area contributed by atoms with Crippen molar-refractivity contribution in [1.29, 1.82) is 0 Å². The van der Waals surface area contributed by atoms with Gasteiger partial charge in [0, 0.05) is 6.42 Å². The molecule has 1 atom stereocenters. The van der Waals surface area contributed by atoms with Crippen LogP contribution in [0, 0.1) is 5.82 Å². The third kappa shape index (κ3) is 6.58. The molecule has 0 aromatic heterocycles. The fraction of sp³-hybridized carbons (Fsp3) is 0.400. The monoisotopic (exact) mass is 363 g/mol. The summed E-state index contributed by atoms with van der Waals surface area (Å²) in [6.45, 7) is 1.60. The Labute approximate surface area is 140 Å². The average Bonchev–Trinajstić information content (AvgIpc) is 2.51. The van der Waals surface area contributed by atoms with Gasteiger partial charge in [-0.25, -0.2) is 12.8 Å². The summed E-state index contributed by atoms with van der Waals surface area (Å²) in [4.78, 5) is 9.37. The largest absolute Gasteiger partial charge is 0.481 e. The van der Waals surface area contributed by atoms with Crippen LogP contribution in [0.3, 0.4) is 0 Å². The first-order chi connectivity index (χ1) is 10.8. The Morgan fingerprint density at radius 2 is 2.13 bits per heavy atom. The molecule has 0 bridgehead atoms. The van der Waals surface area contributed by atoms with Gasteiger partial charge in [-0.2, -0.15) is 0 Å². The standard InChI is InChI=1S/C12H13ClFNO2S.C3H6O2/c13-11-8-9(14)6-7-12(11)15-18(16,17)10-4-2-1-3-5-10;1-2-3(4)5/h2,4,6-8,10,15H,1,3,5H2;2H2,1H3,(H,4,5)/t10-;/m0./s1. The molecule has 128 valence electrons.